The molecule has 0 N–H and O–H groups in total. The minimum absolute atomic E-state index is 0.0181. The number of hydrogen-bond donors (Lipinski definition) is 0. The van der Waals surface area contributed by atoms with Gasteiger partial charge in [-0.1, -0.05) is 18.2 Å². The zero-order valence-electron chi connectivity index (χ0n) is 15.7. The first-order valence-electron chi connectivity index (χ1n) is 9.25. The molecule has 28 heavy (non-hydrogen) atoms. The number of rotatable bonds is 5. The molecule has 4 rings (SSSR count). The van der Waals surface area contributed by atoms with Gasteiger partial charge in [0.25, 0.3) is 0 Å². The summed E-state index contributed by atoms with van der Waals surface area (Å²) in [5.41, 5.74) is 0.999. The fourth-order valence-electron chi connectivity index (χ4n) is 3.84. The predicted molar refractivity (Wildman–Crippen MR) is 103 cm³/mol. The van der Waals surface area contributed by atoms with Crippen LogP contribution < -0.4 is 0 Å². The molecule has 0 unspecified atom stereocenters. The molecule has 0 spiro atoms. The highest BCUT2D eigenvalue weighted by atomic mass is 32.2. The highest BCUT2D eigenvalue weighted by Gasteiger charge is 2.53. The third kappa shape index (κ3) is 3.05. The number of hydrogen-bond acceptors (Lipinski definition) is 7. The fraction of sp³-hybridized carbons (Fsp3) is 0.450. The van der Waals surface area contributed by atoms with Crippen molar-refractivity contribution in [2.75, 3.05) is 12.4 Å². The molecule has 3 heterocycles. The van der Waals surface area contributed by atoms with Crippen LogP contribution in [0.5, 0.6) is 0 Å². The first-order chi connectivity index (χ1) is 13.4. The summed E-state index contributed by atoms with van der Waals surface area (Å²) in [5.74, 6) is -0.526. The number of furan rings is 1. The van der Waals surface area contributed by atoms with E-state index in [0.29, 0.717) is 28.7 Å². The highest BCUT2D eigenvalue weighted by molar-refractivity contribution is 8.01. The first-order valence-corrected chi connectivity index (χ1v) is 10.2. The van der Waals surface area contributed by atoms with E-state index < -0.39 is 18.0 Å². The smallest absolute Gasteiger partial charge is 0.374 e. The zero-order valence-corrected chi connectivity index (χ0v) is 16.5. The largest absolute Gasteiger partial charge is 0.460 e. The molecule has 0 bridgehead atoms. The maximum absolute atomic E-state index is 12.7. The van der Waals surface area contributed by atoms with E-state index in [1.807, 2.05) is 13.0 Å². The van der Waals surface area contributed by atoms with Gasteiger partial charge >= 0.3 is 11.9 Å². The minimum Gasteiger partial charge on any atom is -0.460 e. The van der Waals surface area contributed by atoms with Crippen molar-refractivity contribution in [3.63, 3.8) is 0 Å². The minimum atomic E-state index is -0.603. The van der Waals surface area contributed by atoms with Crippen molar-refractivity contribution in [2.24, 2.45) is 0 Å². The molecule has 1 aromatic heterocycles. The average molecular weight is 403 g/mol. The van der Waals surface area contributed by atoms with Crippen molar-refractivity contribution in [2.45, 2.75) is 44.2 Å². The normalized spacial score (nSPS) is 23.9. The molecule has 2 fully saturated rings. The van der Waals surface area contributed by atoms with Crippen molar-refractivity contribution in [3.8, 4) is 0 Å². The Hall–Kier alpha value is -2.48. The van der Waals surface area contributed by atoms with Crippen LogP contribution in [-0.2, 0) is 25.7 Å². The van der Waals surface area contributed by atoms with Crippen LogP contribution in [-0.4, -0.2) is 46.0 Å². The average Bonchev–Trinajstić information content (AvgIpc) is 3.31. The third-order valence-corrected chi connectivity index (χ3v) is 6.74. The molecule has 1 amide bonds. The van der Waals surface area contributed by atoms with Gasteiger partial charge in [0.2, 0.25) is 11.7 Å². The fourth-order valence-corrected chi connectivity index (χ4v) is 5.25. The Labute approximate surface area is 166 Å². The van der Waals surface area contributed by atoms with Crippen LogP contribution in [0.1, 0.15) is 42.8 Å². The molecular weight excluding hydrogens is 382 g/mol. The lowest BCUT2D eigenvalue weighted by atomic mass is 10.1. The summed E-state index contributed by atoms with van der Waals surface area (Å²) in [6, 6.07) is 6.56. The van der Waals surface area contributed by atoms with Crippen LogP contribution in [0.15, 0.2) is 28.7 Å². The van der Waals surface area contributed by atoms with E-state index in [9.17, 15) is 14.4 Å². The molecule has 0 radical (unpaired) electrons. The van der Waals surface area contributed by atoms with E-state index in [4.69, 9.17) is 13.9 Å². The Morgan fingerprint density at radius 2 is 2.11 bits per heavy atom. The van der Waals surface area contributed by atoms with Gasteiger partial charge in [-0.25, -0.2) is 9.59 Å². The predicted octanol–water partition coefficient (Wildman–Crippen LogP) is 3.11. The molecule has 7 nitrogen and oxygen atoms in total. The maximum Gasteiger partial charge on any atom is 0.374 e. The summed E-state index contributed by atoms with van der Waals surface area (Å²) in [5, 5.41) is 0.696. The van der Waals surface area contributed by atoms with Gasteiger partial charge in [-0.2, -0.15) is 0 Å². The van der Waals surface area contributed by atoms with Gasteiger partial charge in [0.1, 0.15) is 18.2 Å². The molecule has 0 saturated carbocycles. The maximum atomic E-state index is 12.7. The van der Waals surface area contributed by atoms with Gasteiger partial charge in [-0.3, -0.25) is 4.79 Å². The number of carbonyl (C=O) groups is 3. The summed E-state index contributed by atoms with van der Waals surface area (Å²) in [4.78, 5) is 38.5. The highest BCUT2D eigenvalue weighted by Crippen LogP contribution is 2.47. The molecule has 0 aliphatic carbocycles. The Morgan fingerprint density at radius 3 is 2.89 bits per heavy atom. The number of benzene rings is 1. The number of nitrogens with zero attached hydrogens (tertiary/aromatic N) is 1. The van der Waals surface area contributed by atoms with E-state index in [1.54, 1.807) is 41.8 Å². The molecule has 2 atom stereocenters. The van der Waals surface area contributed by atoms with E-state index in [0.717, 1.165) is 6.42 Å². The van der Waals surface area contributed by atoms with Crippen molar-refractivity contribution in [1.82, 2.24) is 4.90 Å². The number of ether oxygens (including phenoxy) is 2. The van der Waals surface area contributed by atoms with E-state index in [-0.39, 0.29) is 29.8 Å². The third-order valence-electron chi connectivity index (χ3n) is 5.23. The van der Waals surface area contributed by atoms with Gasteiger partial charge in [0.05, 0.1) is 17.0 Å². The number of para-hydroxylation sites is 1. The monoisotopic (exact) mass is 403 g/mol. The van der Waals surface area contributed by atoms with Gasteiger partial charge in [-0.15, -0.1) is 11.8 Å². The van der Waals surface area contributed by atoms with E-state index in [1.165, 1.54) is 0 Å². The Kier molecular flexibility index (Phi) is 4.82. The SMILES string of the molecule is CCOC(=O)c1oc2ccccc2c1COC(=O)[C@@H]1CS[C@]2(C)CCC(=O)N12. The molecule has 8 heteroatoms. The number of fused-ring (bicyclic) bond motifs is 2. The quantitative estimate of drug-likeness (QED) is 0.709. The standard InChI is InChI=1S/C20H21NO6S/c1-3-25-19(24)17-13(12-6-4-5-7-15(12)27-17)10-26-18(23)14-11-28-20(2)9-8-16(22)21(14)20/h4-7,14H,3,8-11H2,1-2H3/t14-,20+/m0/s1. The molecule has 2 saturated heterocycles. The van der Waals surface area contributed by atoms with Crippen LogP contribution in [0.4, 0.5) is 0 Å². The molecule has 2 aromatic rings. The molecule has 2 aliphatic heterocycles. The van der Waals surface area contributed by atoms with Crippen LogP contribution in [0, 0.1) is 0 Å². The lowest BCUT2D eigenvalue weighted by Gasteiger charge is -2.29. The number of esters is 2. The van der Waals surface area contributed by atoms with Crippen LogP contribution in [0.25, 0.3) is 11.0 Å². The Morgan fingerprint density at radius 1 is 1.32 bits per heavy atom. The van der Waals surface area contributed by atoms with Crippen molar-refractivity contribution in [3.05, 3.63) is 35.6 Å². The molecular formula is C20H21NO6S. The Bertz CT molecular complexity index is 953. The first kappa shape index (κ1) is 18.9. The van der Waals surface area contributed by atoms with Crippen LogP contribution in [0.2, 0.25) is 0 Å². The summed E-state index contributed by atoms with van der Waals surface area (Å²) in [6.45, 7) is 3.79. The summed E-state index contributed by atoms with van der Waals surface area (Å²) in [6.07, 6.45) is 1.19. The molecule has 1 aromatic carbocycles. The lowest BCUT2D eigenvalue weighted by molar-refractivity contribution is -0.154. The van der Waals surface area contributed by atoms with Gasteiger partial charge in [-0.05, 0) is 26.3 Å². The second-order valence-corrected chi connectivity index (χ2v) is 8.50. The second-order valence-electron chi connectivity index (χ2n) is 7.00. The van der Waals surface area contributed by atoms with E-state index in [2.05, 4.69) is 0 Å². The van der Waals surface area contributed by atoms with E-state index >= 15 is 0 Å². The van der Waals surface area contributed by atoms with Gasteiger partial charge in [0.15, 0.2) is 0 Å². The topological polar surface area (TPSA) is 86.0 Å². The second kappa shape index (κ2) is 7.16. The number of amides is 1. The molecule has 2 aliphatic rings. The molecule has 148 valence electrons. The zero-order chi connectivity index (χ0) is 19.9. The number of thioether (sulfide) groups is 1. The van der Waals surface area contributed by atoms with Crippen molar-refractivity contribution in [1.29, 1.82) is 0 Å². The lowest BCUT2D eigenvalue weighted by Crippen LogP contribution is -2.46. The summed E-state index contributed by atoms with van der Waals surface area (Å²) < 4.78 is 16.2. The Balaban J connectivity index is 1.56. The van der Waals surface area contributed by atoms with Crippen LogP contribution in [0.3, 0.4) is 0 Å². The number of carbonyl (C=O) groups excluding carboxylic acids is 3. The van der Waals surface area contributed by atoms with Gasteiger partial charge < -0.3 is 18.8 Å². The summed E-state index contributed by atoms with van der Waals surface area (Å²) >= 11 is 1.61. The summed E-state index contributed by atoms with van der Waals surface area (Å²) in [7, 11) is 0. The van der Waals surface area contributed by atoms with Crippen molar-refractivity contribution < 1.29 is 28.3 Å². The van der Waals surface area contributed by atoms with Gasteiger partial charge in [0, 0.05) is 17.6 Å². The van der Waals surface area contributed by atoms with Crippen molar-refractivity contribution >= 4 is 40.6 Å². The van der Waals surface area contributed by atoms with Crippen LogP contribution >= 0.6 is 11.8 Å².